The molecule has 0 spiro atoms. The molecule has 0 saturated heterocycles. The largest absolute Gasteiger partial charge is 0.494 e. The Morgan fingerprint density at radius 3 is 2.27 bits per heavy atom. The maximum atomic E-state index is 13.6. The molecule has 5 nitrogen and oxygen atoms in total. The van der Waals surface area contributed by atoms with E-state index in [1.165, 1.54) is 50.4 Å². The van der Waals surface area contributed by atoms with Crippen molar-refractivity contribution < 1.29 is 22.3 Å². The SMILES string of the molecule is COc1ccc(S(=O)(=O)Nc2ccc(C(C)=O)cc2)cc1F. The van der Waals surface area contributed by atoms with Gasteiger partial charge in [0, 0.05) is 11.3 Å². The number of carbonyl (C=O) groups is 1. The molecule has 0 aliphatic carbocycles. The first-order chi connectivity index (χ1) is 10.3. The lowest BCUT2D eigenvalue weighted by Gasteiger charge is -2.09. The maximum Gasteiger partial charge on any atom is 0.262 e. The van der Waals surface area contributed by atoms with Crippen LogP contribution in [0.15, 0.2) is 47.4 Å². The molecule has 116 valence electrons. The molecule has 0 aliphatic heterocycles. The van der Waals surface area contributed by atoms with Crippen molar-refractivity contribution in [1.29, 1.82) is 0 Å². The summed E-state index contributed by atoms with van der Waals surface area (Å²) in [4.78, 5) is 10.9. The number of Topliss-reactive ketones (excluding diaryl/α,β-unsaturated/α-hetero) is 1. The summed E-state index contributed by atoms with van der Waals surface area (Å²) in [6.07, 6.45) is 0. The summed E-state index contributed by atoms with van der Waals surface area (Å²) in [5.74, 6) is -0.923. The number of sulfonamides is 1. The standard InChI is InChI=1S/C15H14FNO4S/c1-10(18)11-3-5-12(6-4-11)17-22(19,20)13-7-8-15(21-2)14(16)9-13/h3-9,17H,1-2H3. The third-order valence-electron chi connectivity index (χ3n) is 2.98. The van der Waals surface area contributed by atoms with Crippen LogP contribution in [0.4, 0.5) is 10.1 Å². The van der Waals surface area contributed by atoms with E-state index >= 15 is 0 Å². The van der Waals surface area contributed by atoms with Crippen LogP contribution in [-0.2, 0) is 10.0 Å². The lowest BCUT2D eigenvalue weighted by atomic mass is 10.1. The molecule has 2 aromatic carbocycles. The Morgan fingerprint density at radius 2 is 1.77 bits per heavy atom. The fraction of sp³-hybridized carbons (Fsp3) is 0.133. The molecule has 22 heavy (non-hydrogen) atoms. The van der Waals surface area contributed by atoms with Gasteiger partial charge in [0.05, 0.1) is 12.0 Å². The van der Waals surface area contributed by atoms with Crippen molar-refractivity contribution >= 4 is 21.5 Å². The van der Waals surface area contributed by atoms with Crippen molar-refractivity contribution in [3.8, 4) is 5.75 Å². The number of hydrogen-bond donors (Lipinski definition) is 1. The zero-order valence-corrected chi connectivity index (χ0v) is 12.8. The summed E-state index contributed by atoms with van der Waals surface area (Å²) < 4.78 is 45.0. The number of hydrogen-bond acceptors (Lipinski definition) is 4. The summed E-state index contributed by atoms with van der Waals surface area (Å²) in [6, 6.07) is 9.31. The van der Waals surface area contributed by atoms with Gasteiger partial charge in [0.25, 0.3) is 10.0 Å². The van der Waals surface area contributed by atoms with E-state index in [1.807, 2.05) is 0 Å². The summed E-state index contributed by atoms with van der Waals surface area (Å²) >= 11 is 0. The molecule has 0 bridgehead atoms. The summed E-state index contributed by atoms with van der Waals surface area (Å²) in [5, 5.41) is 0. The molecule has 0 aromatic heterocycles. The number of halogens is 1. The van der Waals surface area contributed by atoms with Crippen LogP contribution in [0.1, 0.15) is 17.3 Å². The summed E-state index contributed by atoms with van der Waals surface area (Å²) in [5.41, 5.74) is 0.750. The van der Waals surface area contributed by atoms with Crippen molar-refractivity contribution in [3.05, 3.63) is 53.8 Å². The Labute approximate surface area is 127 Å². The molecular weight excluding hydrogens is 309 g/mol. The van der Waals surface area contributed by atoms with Crippen LogP contribution >= 0.6 is 0 Å². The third kappa shape index (κ3) is 3.43. The molecule has 0 amide bonds. The quantitative estimate of drug-likeness (QED) is 0.859. The van der Waals surface area contributed by atoms with E-state index in [1.54, 1.807) is 0 Å². The predicted octanol–water partition coefficient (Wildman–Crippen LogP) is 2.84. The van der Waals surface area contributed by atoms with Gasteiger partial charge in [0.15, 0.2) is 17.3 Å². The Bertz CT molecular complexity index is 801. The molecule has 0 radical (unpaired) electrons. The van der Waals surface area contributed by atoms with E-state index in [0.29, 0.717) is 5.56 Å². The molecule has 0 fully saturated rings. The number of rotatable bonds is 5. The van der Waals surface area contributed by atoms with Crippen LogP contribution < -0.4 is 9.46 Å². The van der Waals surface area contributed by atoms with Crippen molar-refractivity contribution in [3.63, 3.8) is 0 Å². The first kappa shape index (κ1) is 16.0. The molecular formula is C15H14FNO4S. The number of carbonyl (C=O) groups excluding carboxylic acids is 1. The Kier molecular flexibility index (Phi) is 4.46. The molecule has 2 rings (SSSR count). The van der Waals surface area contributed by atoms with Crippen LogP contribution in [0, 0.1) is 5.82 Å². The van der Waals surface area contributed by atoms with E-state index in [4.69, 9.17) is 4.74 Å². The van der Waals surface area contributed by atoms with Gasteiger partial charge >= 0.3 is 0 Å². The molecule has 7 heteroatoms. The molecule has 0 saturated carbocycles. The lowest BCUT2D eigenvalue weighted by Crippen LogP contribution is -2.13. The Morgan fingerprint density at radius 1 is 1.14 bits per heavy atom. The first-order valence-electron chi connectivity index (χ1n) is 6.31. The van der Waals surface area contributed by atoms with Gasteiger partial charge in [0.2, 0.25) is 0 Å². The number of ketones is 1. The van der Waals surface area contributed by atoms with E-state index in [0.717, 1.165) is 6.07 Å². The van der Waals surface area contributed by atoms with Gasteiger partial charge in [-0.3, -0.25) is 9.52 Å². The summed E-state index contributed by atoms with van der Waals surface area (Å²) in [6.45, 7) is 1.42. The smallest absolute Gasteiger partial charge is 0.262 e. The summed E-state index contributed by atoms with van der Waals surface area (Å²) in [7, 11) is -2.63. The van der Waals surface area contributed by atoms with E-state index in [-0.39, 0.29) is 22.1 Å². The average Bonchev–Trinajstić information content (AvgIpc) is 2.47. The second-order valence-corrected chi connectivity index (χ2v) is 6.22. The Hall–Kier alpha value is -2.41. The van der Waals surface area contributed by atoms with Gasteiger partial charge in [-0.1, -0.05) is 0 Å². The predicted molar refractivity (Wildman–Crippen MR) is 80.2 cm³/mol. The van der Waals surface area contributed by atoms with Crippen molar-refractivity contribution in [2.24, 2.45) is 0 Å². The number of benzene rings is 2. The molecule has 2 aromatic rings. The zero-order chi connectivity index (χ0) is 16.3. The van der Waals surface area contributed by atoms with Crippen LogP contribution in [0.3, 0.4) is 0 Å². The highest BCUT2D eigenvalue weighted by molar-refractivity contribution is 7.92. The highest BCUT2D eigenvalue weighted by atomic mass is 32.2. The number of methoxy groups -OCH3 is 1. The van der Waals surface area contributed by atoms with E-state index in [2.05, 4.69) is 4.72 Å². The molecule has 0 aliphatic rings. The van der Waals surface area contributed by atoms with Gasteiger partial charge in [-0.05, 0) is 49.4 Å². The minimum Gasteiger partial charge on any atom is -0.494 e. The fourth-order valence-corrected chi connectivity index (χ4v) is 2.87. The van der Waals surface area contributed by atoms with Gasteiger partial charge in [-0.25, -0.2) is 12.8 Å². The lowest BCUT2D eigenvalue weighted by molar-refractivity contribution is 0.101. The molecule has 1 N–H and O–H groups in total. The van der Waals surface area contributed by atoms with Gasteiger partial charge in [0.1, 0.15) is 0 Å². The van der Waals surface area contributed by atoms with Crippen molar-refractivity contribution in [2.75, 3.05) is 11.8 Å². The normalized spacial score (nSPS) is 11.0. The van der Waals surface area contributed by atoms with Crippen molar-refractivity contribution in [1.82, 2.24) is 0 Å². The molecule has 0 atom stereocenters. The first-order valence-corrected chi connectivity index (χ1v) is 7.79. The number of nitrogens with one attached hydrogen (secondary N) is 1. The zero-order valence-electron chi connectivity index (χ0n) is 12.0. The fourth-order valence-electron chi connectivity index (χ4n) is 1.80. The molecule has 0 heterocycles. The van der Waals surface area contributed by atoms with Crippen LogP contribution in [0.25, 0.3) is 0 Å². The monoisotopic (exact) mass is 323 g/mol. The topological polar surface area (TPSA) is 72.5 Å². The van der Waals surface area contributed by atoms with E-state index < -0.39 is 15.8 Å². The van der Waals surface area contributed by atoms with Crippen LogP contribution in [0.5, 0.6) is 5.75 Å². The van der Waals surface area contributed by atoms with E-state index in [9.17, 15) is 17.6 Å². The van der Waals surface area contributed by atoms with Gasteiger partial charge in [-0.15, -0.1) is 0 Å². The van der Waals surface area contributed by atoms with Gasteiger partial charge < -0.3 is 4.74 Å². The molecule has 0 unspecified atom stereocenters. The maximum absolute atomic E-state index is 13.6. The third-order valence-corrected chi connectivity index (χ3v) is 4.36. The Balaban J connectivity index is 2.27. The van der Waals surface area contributed by atoms with Crippen LogP contribution in [-0.4, -0.2) is 21.3 Å². The van der Waals surface area contributed by atoms with Crippen molar-refractivity contribution in [2.45, 2.75) is 11.8 Å². The second-order valence-electron chi connectivity index (χ2n) is 4.54. The highest BCUT2D eigenvalue weighted by Gasteiger charge is 2.17. The second kappa shape index (κ2) is 6.15. The number of anilines is 1. The van der Waals surface area contributed by atoms with Crippen LogP contribution in [0.2, 0.25) is 0 Å². The average molecular weight is 323 g/mol. The number of ether oxygens (including phenoxy) is 1. The highest BCUT2D eigenvalue weighted by Crippen LogP contribution is 2.22. The van der Waals surface area contributed by atoms with Gasteiger partial charge in [-0.2, -0.15) is 0 Å². The minimum absolute atomic E-state index is 0.0373. The minimum atomic E-state index is -3.92.